The zero-order chi connectivity index (χ0) is 14.7. The molecule has 116 valence electrons. The first kappa shape index (κ1) is 15.1. The van der Waals surface area contributed by atoms with E-state index in [9.17, 15) is 0 Å². The van der Waals surface area contributed by atoms with E-state index in [-0.39, 0.29) is 5.60 Å². The molecule has 0 radical (unpaired) electrons. The average Bonchev–Trinajstić information content (AvgIpc) is 2.71. The van der Waals surface area contributed by atoms with Crippen LogP contribution in [0.1, 0.15) is 50.6 Å². The van der Waals surface area contributed by atoms with Crippen molar-refractivity contribution < 1.29 is 9.47 Å². The van der Waals surface area contributed by atoms with Crippen LogP contribution in [-0.2, 0) is 4.74 Å². The van der Waals surface area contributed by atoms with Gasteiger partial charge in [0.2, 0.25) is 0 Å². The maximum absolute atomic E-state index is 6.43. The van der Waals surface area contributed by atoms with Gasteiger partial charge in [0, 0.05) is 36.1 Å². The fourth-order valence-corrected chi connectivity index (χ4v) is 3.61. The van der Waals surface area contributed by atoms with Crippen LogP contribution >= 0.6 is 11.6 Å². The molecule has 3 rings (SSSR count). The van der Waals surface area contributed by atoms with Crippen molar-refractivity contribution in [1.82, 2.24) is 5.32 Å². The quantitative estimate of drug-likeness (QED) is 0.911. The number of fused-ring (bicyclic) bond motifs is 1. The first-order chi connectivity index (χ1) is 10.2. The van der Waals surface area contributed by atoms with Gasteiger partial charge in [-0.3, -0.25) is 0 Å². The third-order valence-electron chi connectivity index (χ3n) is 4.51. The molecule has 0 bridgehead atoms. The second-order valence-corrected chi connectivity index (χ2v) is 6.58. The Morgan fingerprint density at radius 1 is 1.33 bits per heavy atom. The van der Waals surface area contributed by atoms with Crippen molar-refractivity contribution in [3.63, 3.8) is 0 Å². The van der Waals surface area contributed by atoms with Crippen LogP contribution in [0.2, 0.25) is 5.02 Å². The number of halogens is 1. The Kier molecular flexibility index (Phi) is 4.72. The number of rotatable bonds is 3. The van der Waals surface area contributed by atoms with Gasteiger partial charge >= 0.3 is 0 Å². The highest BCUT2D eigenvalue weighted by Crippen LogP contribution is 2.44. The third-order valence-corrected chi connectivity index (χ3v) is 4.75. The van der Waals surface area contributed by atoms with E-state index in [4.69, 9.17) is 21.1 Å². The van der Waals surface area contributed by atoms with E-state index in [0.717, 1.165) is 62.6 Å². The minimum Gasteiger partial charge on any atom is -0.487 e. The molecule has 4 heteroatoms. The normalized spacial score (nSPS) is 28.8. The molecule has 0 amide bonds. The van der Waals surface area contributed by atoms with Crippen LogP contribution in [-0.4, -0.2) is 25.4 Å². The van der Waals surface area contributed by atoms with Crippen molar-refractivity contribution in [2.24, 2.45) is 0 Å². The molecule has 0 saturated carbocycles. The number of hydrogen-bond donors (Lipinski definition) is 1. The summed E-state index contributed by atoms with van der Waals surface area (Å²) in [5, 5.41) is 4.45. The molecule has 1 saturated heterocycles. The molecule has 1 fully saturated rings. The Morgan fingerprint density at radius 2 is 2.24 bits per heavy atom. The fraction of sp³-hybridized carbons (Fsp3) is 0.647. The smallest absolute Gasteiger partial charge is 0.125 e. The van der Waals surface area contributed by atoms with E-state index in [0.29, 0.717) is 6.04 Å². The Morgan fingerprint density at radius 3 is 3.10 bits per heavy atom. The average molecular weight is 310 g/mol. The lowest BCUT2D eigenvalue weighted by molar-refractivity contribution is 0.0108. The second kappa shape index (κ2) is 6.55. The molecular weight excluding hydrogens is 286 g/mol. The highest BCUT2D eigenvalue weighted by Gasteiger charge is 2.41. The van der Waals surface area contributed by atoms with Crippen LogP contribution in [0.4, 0.5) is 0 Å². The lowest BCUT2D eigenvalue weighted by Gasteiger charge is -2.42. The lowest BCUT2D eigenvalue weighted by atomic mass is 9.82. The molecule has 1 aromatic carbocycles. The van der Waals surface area contributed by atoms with Gasteiger partial charge in [0.25, 0.3) is 0 Å². The Hall–Kier alpha value is -0.770. The van der Waals surface area contributed by atoms with Crippen molar-refractivity contribution in [3.8, 4) is 5.75 Å². The molecule has 1 aromatic rings. The summed E-state index contributed by atoms with van der Waals surface area (Å²) < 4.78 is 12.1. The summed E-state index contributed by atoms with van der Waals surface area (Å²) in [6, 6.07) is 6.31. The van der Waals surface area contributed by atoms with Gasteiger partial charge in [0.15, 0.2) is 0 Å². The predicted molar refractivity (Wildman–Crippen MR) is 85.1 cm³/mol. The zero-order valence-corrected chi connectivity index (χ0v) is 13.4. The molecule has 2 aliphatic rings. The largest absolute Gasteiger partial charge is 0.487 e. The van der Waals surface area contributed by atoms with E-state index in [1.807, 2.05) is 18.2 Å². The first-order valence-corrected chi connectivity index (χ1v) is 8.40. The van der Waals surface area contributed by atoms with Gasteiger partial charge in [-0.15, -0.1) is 0 Å². The van der Waals surface area contributed by atoms with Crippen molar-refractivity contribution in [2.75, 3.05) is 19.8 Å². The number of ether oxygens (including phenoxy) is 2. The molecule has 1 N–H and O–H groups in total. The maximum atomic E-state index is 6.43. The molecule has 21 heavy (non-hydrogen) atoms. The summed E-state index contributed by atoms with van der Waals surface area (Å²) in [7, 11) is 0. The van der Waals surface area contributed by atoms with Crippen LogP contribution in [0.15, 0.2) is 18.2 Å². The number of nitrogens with one attached hydrogen (secondary N) is 1. The molecule has 2 unspecified atom stereocenters. The van der Waals surface area contributed by atoms with Crippen LogP contribution in [0, 0.1) is 0 Å². The summed E-state index contributed by atoms with van der Waals surface area (Å²) in [4.78, 5) is 0. The second-order valence-electron chi connectivity index (χ2n) is 6.14. The highest BCUT2D eigenvalue weighted by atomic mass is 35.5. The number of benzene rings is 1. The van der Waals surface area contributed by atoms with Crippen molar-refractivity contribution in [3.05, 3.63) is 28.8 Å². The summed E-state index contributed by atoms with van der Waals surface area (Å²) in [6.45, 7) is 4.86. The van der Waals surface area contributed by atoms with Gasteiger partial charge in [0.1, 0.15) is 11.4 Å². The minimum absolute atomic E-state index is 0.0806. The molecular formula is C17H24ClNO2. The van der Waals surface area contributed by atoms with Crippen LogP contribution in [0.5, 0.6) is 5.75 Å². The molecule has 0 aromatic heterocycles. The van der Waals surface area contributed by atoms with E-state index >= 15 is 0 Å². The number of hydrogen-bond acceptors (Lipinski definition) is 3. The molecule has 2 heterocycles. The molecule has 2 atom stereocenters. The summed E-state index contributed by atoms with van der Waals surface area (Å²) in [5.74, 6) is 0.987. The van der Waals surface area contributed by atoms with E-state index in [1.165, 1.54) is 5.56 Å². The topological polar surface area (TPSA) is 30.5 Å². The fourth-order valence-electron chi connectivity index (χ4n) is 3.43. The van der Waals surface area contributed by atoms with Crippen molar-refractivity contribution >= 4 is 11.6 Å². The summed E-state index contributed by atoms with van der Waals surface area (Å²) >= 11 is 6.18. The third kappa shape index (κ3) is 3.36. The molecule has 3 nitrogen and oxygen atoms in total. The maximum Gasteiger partial charge on any atom is 0.125 e. The van der Waals surface area contributed by atoms with Crippen LogP contribution in [0.25, 0.3) is 0 Å². The lowest BCUT2D eigenvalue weighted by Crippen LogP contribution is -2.44. The molecule has 0 aliphatic carbocycles. The van der Waals surface area contributed by atoms with E-state index in [2.05, 4.69) is 12.2 Å². The van der Waals surface area contributed by atoms with E-state index in [1.54, 1.807) is 0 Å². The van der Waals surface area contributed by atoms with Gasteiger partial charge in [-0.1, -0.05) is 18.5 Å². The van der Waals surface area contributed by atoms with Crippen LogP contribution in [0.3, 0.4) is 0 Å². The van der Waals surface area contributed by atoms with Gasteiger partial charge in [-0.2, -0.15) is 0 Å². The van der Waals surface area contributed by atoms with E-state index < -0.39 is 0 Å². The Labute approximate surface area is 132 Å². The zero-order valence-electron chi connectivity index (χ0n) is 12.7. The van der Waals surface area contributed by atoms with Crippen molar-refractivity contribution in [2.45, 2.75) is 50.7 Å². The summed E-state index contributed by atoms with van der Waals surface area (Å²) in [6.07, 6.45) is 5.25. The van der Waals surface area contributed by atoms with Gasteiger partial charge < -0.3 is 14.8 Å². The monoisotopic (exact) mass is 309 g/mol. The van der Waals surface area contributed by atoms with Crippen LogP contribution < -0.4 is 10.1 Å². The first-order valence-electron chi connectivity index (χ1n) is 8.02. The van der Waals surface area contributed by atoms with Crippen molar-refractivity contribution in [1.29, 1.82) is 0 Å². The van der Waals surface area contributed by atoms with Gasteiger partial charge in [-0.25, -0.2) is 0 Å². The molecule has 2 aliphatic heterocycles. The van der Waals surface area contributed by atoms with Gasteiger partial charge in [-0.05, 0) is 44.0 Å². The molecule has 1 spiro atoms. The minimum atomic E-state index is -0.0806. The SMILES string of the molecule is CCCNC1CC2(CCCOCC2)Oc2ccc(Cl)cc21. The predicted octanol–water partition coefficient (Wildman–Crippen LogP) is 4.10. The Bertz CT molecular complexity index is 484. The summed E-state index contributed by atoms with van der Waals surface area (Å²) in [5.41, 5.74) is 1.12. The highest BCUT2D eigenvalue weighted by molar-refractivity contribution is 6.30. The standard InChI is InChI=1S/C17H24ClNO2/c1-2-8-19-15-12-17(6-3-9-20-10-7-17)21-16-5-4-13(18)11-14(15)16/h4-5,11,15,19H,2-3,6-10,12H2,1H3. The Balaban J connectivity index is 1.89. The van der Waals surface area contributed by atoms with Gasteiger partial charge in [0.05, 0.1) is 6.61 Å².